The molecule has 0 atom stereocenters. The van der Waals surface area contributed by atoms with Gasteiger partial charge in [-0.25, -0.2) is 4.79 Å². The van der Waals surface area contributed by atoms with Crippen LogP contribution in [0.1, 0.15) is 49.0 Å². The second-order valence-electron chi connectivity index (χ2n) is 6.33. The number of hydrogen-bond donors (Lipinski definition) is 1. The molecule has 0 unspecified atom stereocenters. The first-order valence-corrected chi connectivity index (χ1v) is 10.3. The number of aryl methyl sites for hydroxylation is 1. The Bertz CT molecular complexity index is 790. The average molecular weight is 448 g/mol. The third kappa shape index (κ3) is 7.00. The number of esters is 1. The number of hydrogen-bond acceptors (Lipinski definition) is 4. The standard InChI is InChI=1S/C22H26BrNO4/c1-3-13-28-22(26)17-8-10-18(11-9-17)24-21(25)6-5-14-27-20-12-7-16(4-2)15-19(20)23/h7-12,15H,3-6,13-14H2,1-2H3,(H,24,25). The molecular formula is C22H26BrNO4. The van der Waals surface area contributed by atoms with Gasteiger partial charge in [0.1, 0.15) is 5.75 Å². The van der Waals surface area contributed by atoms with Crippen molar-refractivity contribution in [3.05, 3.63) is 58.1 Å². The minimum absolute atomic E-state index is 0.0923. The Hall–Kier alpha value is -2.34. The zero-order chi connectivity index (χ0) is 20.4. The molecule has 0 aromatic heterocycles. The van der Waals surface area contributed by atoms with Crippen LogP contribution in [0.15, 0.2) is 46.9 Å². The van der Waals surface area contributed by atoms with Crippen molar-refractivity contribution in [2.24, 2.45) is 0 Å². The van der Waals surface area contributed by atoms with E-state index >= 15 is 0 Å². The molecule has 0 heterocycles. The van der Waals surface area contributed by atoms with Crippen LogP contribution in [0.5, 0.6) is 5.75 Å². The van der Waals surface area contributed by atoms with Crippen molar-refractivity contribution < 1.29 is 19.1 Å². The lowest BCUT2D eigenvalue weighted by Crippen LogP contribution is -2.13. The number of carbonyl (C=O) groups is 2. The monoisotopic (exact) mass is 447 g/mol. The fraction of sp³-hybridized carbons (Fsp3) is 0.364. The Morgan fingerprint density at radius 3 is 2.43 bits per heavy atom. The van der Waals surface area contributed by atoms with Crippen LogP contribution in [0.3, 0.4) is 0 Å². The van der Waals surface area contributed by atoms with Crippen molar-refractivity contribution in [3.8, 4) is 5.75 Å². The zero-order valence-electron chi connectivity index (χ0n) is 16.3. The van der Waals surface area contributed by atoms with Gasteiger partial charge in [-0.3, -0.25) is 4.79 Å². The van der Waals surface area contributed by atoms with Crippen molar-refractivity contribution in [2.45, 2.75) is 39.5 Å². The summed E-state index contributed by atoms with van der Waals surface area (Å²) in [6, 6.07) is 12.7. The highest BCUT2D eigenvalue weighted by atomic mass is 79.9. The summed E-state index contributed by atoms with van der Waals surface area (Å²) in [5, 5.41) is 2.82. The number of benzene rings is 2. The molecule has 1 amide bonds. The smallest absolute Gasteiger partial charge is 0.338 e. The van der Waals surface area contributed by atoms with Crippen LogP contribution in [-0.4, -0.2) is 25.1 Å². The average Bonchev–Trinajstić information content (AvgIpc) is 2.70. The molecule has 0 spiro atoms. The van der Waals surface area contributed by atoms with Gasteiger partial charge in [-0.1, -0.05) is 19.9 Å². The van der Waals surface area contributed by atoms with Gasteiger partial charge in [0.05, 0.1) is 23.2 Å². The van der Waals surface area contributed by atoms with Crippen LogP contribution in [-0.2, 0) is 16.0 Å². The molecule has 0 bridgehead atoms. The molecule has 2 rings (SSSR count). The number of carbonyl (C=O) groups excluding carboxylic acids is 2. The van der Waals surface area contributed by atoms with Crippen molar-refractivity contribution >= 4 is 33.5 Å². The molecule has 28 heavy (non-hydrogen) atoms. The normalized spacial score (nSPS) is 10.4. The molecule has 0 aliphatic carbocycles. The quantitative estimate of drug-likeness (QED) is 0.392. The van der Waals surface area contributed by atoms with Gasteiger partial charge in [-0.2, -0.15) is 0 Å². The van der Waals surface area contributed by atoms with E-state index < -0.39 is 0 Å². The largest absolute Gasteiger partial charge is 0.492 e. The number of nitrogens with one attached hydrogen (secondary N) is 1. The maximum atomic E-state index is 12.1. The van der Waals surface area contributed by atoms with E-state index in [1.807, 2.05) is 25.1 Å². The Labute approximate surface area is 174 Å². The number of rotatable bonds is 10. The zero-order valence-corrected chi connectivity index (χ0v) is 17.9. The minimum Gasteiger partial charge on any atom is -0.492 e. The molecule has 0 aliphatic heterocycles. The number of halogens is 1. The number of amides is 1. The van der Waals surface area contributed by atoms with Crippen LogP contribution in [0.25, 0.3) is 0 Å². The topological polar surface area (TPSA) is 64.6 Å². The first-order valence-electron chi connectivity index (χ1n) is 9.51. The minimum atomic E-state index is -0.352. The molecule has 0 fully saturated rings. The fourth-order valence-electron chi connectivity index (χ4n) is 2.49. The molecule has 0 aliphatic rings. The van der Waals surface area contributed by atoms with E-state index in [1.165, 1.54) is 5.56 Å². The summed E-state index contributed by atoms with van der Waals surface area (Å²) in [6.07, 6.45) is 2.71. The highest BCUT2D eigenvalue weighted by Crippen LogP contribution is 2.26. The van der Waals surface area contributed by atoms with Gasteiger partial charge in [0, 0.05) is 12.1 Å². The Morgan fingerprint density at radius 2 is 1.79 bits per heavy atom. The van der Waals surface area contributed by atoms with Crippen LogP contribution < -0.4 is 10.1 Å². The van der Waals surface area contributed by atoms with E-state index in [2.05, 4.69) is 28.2 Å². The van der Waals surface area contributed by atoms with E-state index in [-0.39, 0.29) is 11.9 Å². The van der Waals surface area contributed by atoms with E-state index in [0.717, 1.165) is 23.1 Å². The van der Waals surface area contributed by atoms with E-state index in [4.69, 9.17) is 9.47 Å². The third-order valence-corrected chi connectivity index (χ3v) is 4.67. The molecule has 0 saturated heterocycles. The van der Waals surface area contributed by atoms with Gasteiger partial charge in [0.2, 0.25) is 5.91 Å². The van der Waals surface area contributed by atoms with Gasteiger partial charge >= 0.3 is 5.97 Å². The number of ether oxygens (including phenoxy) is 2. The molecule has 0 saturated carbocycles. The summed E-state index contributed by atoms with van der Waals surface area (Å²) in [7, 11) is 0. The van der Waals surface area contributed by atoms with E-state index in [1.54, 1.807) is 24.3 Å². The lowest BCUT2D eigenvalue weighted by Gasteiger charge is -2.10. The van der Waals surface area contributed by atoms with Crippen LogP contribution in [0, 0.1) is 0 Å². The van der Waals surface area contributed by atoms with Crippen molar-refractivity contribution in [1.29, 1.82) is 0 Å². The molecule has 2 aromatic carbocycles. The maximum Gasteiger partial charge on any atom is 0.338 e. The Balaban J connectivity index is 1.73. The predicted molar refractivity (Wildman–Crippen MR) is 114 cm³/mol. The Morgan fingerprint density at radius 1 is 1.04 bits per heavy atom. The summed E-state index contributed by atoms with van der Waals surface area (Å²) < 4.78 is 11.7. The highest BCUT2D eigenvalue weighted by molar-refractivity contribution is 9.10. The van der Waals surface area contributed by atoms with E-state index in [9.17, 15) is 9.59 Å². The van der Waals surface area contributed by atoms with Crippen LogP contribution in [0.4, 0.5) is 5.69 Å². The highest BCUT2D eigenvalue weighted by Gasteiger charge is 2.08. The van der Waals surface area contributed by atoms with E-state index in [0.29, 0.717) is 37.3 Å². The predicted octanol–water partition coefficient (Wildman–Crippen LogP) is 5.38. The second-order valence-corrected chi connectivity index (χ2v) is 7.19. The summed E-state index contributed by atoms with van der Waals surface area (Å²) >= 11 is 3.51. The fourth-order valence-corrected chi connectivity index (χ4v) is 3.03. The maximum absolute atomic E-state index is 12.1. The molecule has 0 radical (unpaired) electrons. The van der Waals surface area contributed by atoms with Crippen LogP contribution in [0.2, 0.25) is 0 Å². The van der Waals surface area contributed by atoms with Crippen molar-refractivity contribution in [1.82, 2.24) is 0 Å². The first-order chi connectivity index (χ1) is 13.5. The second kappa shape index (κ2) is 11.5. The summed E-state index contributed by atoms with van der Waals surface area (Å²) in [6.45, 7) is 4.91. The first kappa shape index (κ1) is 22.0. The molecule has 150 valence electrons. The Kier molecular flexibility index (Phi) is 9.01. The molecule has 5 nitrogen and oxygen atoms in total. The van der Waals surface area contributed by atoms with Gasteiger partial charge < -0.3 is 14.8 Å². The molecular weight excluding hydrogens is 422 g/mol. The molecule has 2 aromatic rings. The van der Waals surface area contributed by atoms with Gasteiger partial charge in [0.15, 0.2) is 0 Å². The van der Waals surface area contributed by atoms with Gasteiger partial charge in [-0.05, 0) is 77.2 Å². The SMILES string of the molecule is CCCOC(=O)c1ccc(NC(=O)CCCOc2ccc(CC)cc2Br)cc1. The van der Waals surface area contributed by atoms with Gasteiger partial charge in [0.25, 0.3) is 0 Å². The lowest BCUT2D eigenvalue weighted by molar-refractivity contribution is -0.116. The lowest BCUT2D eigenvalue weighted by atomic mass is 10.2. The summed E-state index contributed by atoms with van der Waals surface area (Å²) in [4.78, 5) is 23.8. The number of anilines is 1. The third-order valence-electron chi connectivity index (χ3n) is 4.05. The molecule has 1 N–H and O–H groups in total. The van der Waals surface area contributed by atoms with Crippen molar-refractivity contribution in [3.63, 3.8) is 0 Å². The van der Waals surface area contributed by atoms with Gasteiger partial charge in [-0.15, -0.1) is 0 Å². The molecule has 6 heteroatoms. The van der Waals surface area contributed by atoms with Crippen LogP contribution >= 0.6 is 15.9 Å². The van der Waals surface area contributed by atoms with Crippen molar-refractivity contribution in [2.75, 3.05) is 18.5 Å². The summed E-state index contributed by atoms with van der Waals surface area (Å²) in [5.74, 6) is 0.337. The summed E-state index contributed by atoms with van der Waals surface area (Å²) in [5.41, 5.74) is 2.36.